The molecule has 0 radical (unpaired) electrons. The molecule has 0 amide bonds. The van der Waals surface area contributed by atoms with E-state index in [1.807, 2.05) is 41.0 Å². The highest BCUT2D eigenvalue weighted by Crippen LogP contribution is 2.19. The van der Waals surface area contributed by atoms with E-state index in [1.165, 1.54) is 0 Å². The quantitative estimate of drug-likeness (QED) is 0.306. The van der Waals surface area contributed by atoms with Crippen LogP contribution in [0.25, 0.3) is 21.8 Å². The molecular formula is C21H15ClN2O3. The van der Waals surface area contributed by atoms with Gasteiger partial charge >= 0.3 is 5.97 Å². The highest BCUT2D eigenvalue weighted by molar-refractivity contribution is 6.29. The Morgan fingerprint density at radius 2 is 1.59 bits per heavy atom. The number of halogens is 1. The van der Waals surface area contributed by atoms with Crippen molar-refractivity contribution in [1.82, 2.24) is 9.55 Å². The fraction of sp³-hybridized carbons (Fsp3) is 0.0952. The minimum Gasteiger partial charge on any atom is -0.459 e. The fourth-order valence-electron chi connectivity index (χ4n) is 3.08. The van der Waals surface area contributed by atoms with Gasteiger partial charge in [-0.3, -0.25) is 9.59 Å². The van der Waals surface area contributed by atoms with E-state index >= 15 is 0 Å². The molecule has 2 aromatic heterocycles. The fourth-order valence-corrected chi connectivity index (χ4v) is 3.19. The number of para-hydroxylation sites is 2. The lowest BCUT2D eigenvalue weighted by atomic mass is 10.1. The van der Waals surface area contributed by atoms with Crippen molar-refractivity contribution < 1.29 is 9.53 Å². The Bertz CT molecular complexity index is 1140. The molecule has 0 fully saturated rings. The van der Waals surface area contributed by atoms with Gasteiger partial charge in [-0.25, -0.2) is 4.98 Å². The number of ether oxygens (including phenoxy) is 1. The van der Waals surface area contributed by atoms with E-state index in [2.05, 4.69) is 4.98 Å². The summed E-state index contributed by atoms with van der Waals surface area (Å²) < 4.78 is 7.19. The van der Waals surface area contributed by atoms with E-state index in [-0.39, 0.29) is 18.6 Å². The van der Waals surface area contributed by atoms with Crippen LogP contribution in [-0.4, -0.2) is 15.5 Å². The molecule has 0 saturated heterocycles. The Hall–Kier alpha value is -3.18. The van der Waals surface area contributed by atoms with Crippen molar-refractivity contribution in [1.29, 1.82) is 0 Å². The van der Waals surface area contributed by atoms with Crippen molar-refractivity contribution in [3.05, 3.63) is 87.8 Å². The zero-order chi connectivity index (χ0) is 18.8. The molecule has 27 heavy (non-hydrogen) atoms. The Kier molecular flexibility index (Phi) is 4.60. The van der Waals surface area contributed by atoms with Gasteiger partial charge in [0.25, 0.3) is 0 Å². The second-order valence-corrected chi connectivity index (χ2v) is 6.49. The second kappa shape index (κ2) is 7.21. The van der Waals surface area contributed by atoms with Crippen molar-refractivity contribution in [3.8, 4) is 0 Å². The summed E-state index contributed by atoms with van der Waals surface area (Å²) in [5.74, 6) is -0.399. The zero-order valence-corrected chi connectivity index (χ0v) is 15.0. The van der Waals surface area contributed by atoms with E-state index in [0.29, 0.717) is 27.0 Å². The first-order chi connectivity index (χ1) is 13.1. The van der Waals surface area contributed by atoms with Crippen LogP contribution in [0.2, 0.25) is 5.15 Å². The number of pyridine rings is 2. The third kappa shape index (κ3) is 3.41. The van der Waals surface area contributed by atoms with Gasteiger partial charge in [-0.1, -0.05) is 41.9 Å². The monoisotopic (exact) mass is 378 g/mol. The number of benzene rings is 2. The molecular weight excluding hydrogens is 364 g/mol. The number of hydrogen-bond acceptors (Lipinski definition) is 4. The van der Waals surface area contributed by atoms with Gasteiger partial charge in [0.1, 0.15) is 18.3 Å². The van der Waals surface area contributed by atoms with Crippen LogP contribution >= 0.6 is 11.6 Å². The molecule has 0 saturated carbocycles. The predicted molar refractivity (Wildman–Crippen MR) is 105 cm³/mol. The molecule has 0 bridgehead atoms. The minimum atomic E-state index is -0.399. The van der Waals surface area contributed by atoms with E-state index in [0.717, 1.165) is 5.56 Å². The molecule has 2 heterocycles. The van der Waals surface area contributed by atoms with E-state index in [4.69, 9.17) is 16.3 Å². The molecule has 0 atom stereocenters. The molecule has 0 spiro atoms. The van der Waals surface area contributed by atoms with Crippen LogP contribution in [0.15, 0.2) is 71.7 Å². The lowest BCUT2D eigenvalue weighted by Crippen LogP contribution is -2.18. The van der Waals surface area contributed by atoms with Crippen LogP contribution in [0.4, 0.5) is 0 Å². The van der Waals surface area contributed by atoms with Gasteiger partial charge in [-0.2, -0.15) is 0 Å². The van der Waals surface area contributed by atoms with Crippen molar-refractivity contribution in [2.45, 2.75) is 13.2 Å². The minimum absolute atomic E-state index is 0.00231. The molecule has 0 aliphatic carbocycles. The summed E-state index contributed by atoms with van der Waals surface area (Å²) in [5, 5.41) is 1.54. The number of carbonyl (C=O) groups is 1. The van der Waals surface area contributed by atoms with Gasteiger partial charge in [0, 0.05) is 22.5 Å². The SMILES string of the molecule is O=C(Cn1c2ccccc2c(=O)c2ccccc21)OCc1ccc(Cl)nc1. The van der Waals surface area contributed by atoms with Crippen LogP contribution < -0.4 is 5.43 Å². The van der Waals surface area contributed by atoms with Crippen LogP contribution in [-0.2, 0) is 22.7 Å². The number of aromatic nitrogens is 2. The number of fused-ring (bicyclic) bond motifs is 2. The highest BCUT2D eigenvalue weighted by atomic mass is 35.5. The number of rotatable bonds is 4. The lowest BCUT2D eigenvalue weighted by molar-refractivity contribution is -0.145. The summed E-state index contributed by atoms with van der Waals surface area (Å²) in [5.41, 5.74) is 2.11. The van der Waals surface area contributed by atoms with Crippen molar-refractivity contribution in [2.75, 3.05) is 0 Å². The van der Waals surface area contributed by atoms with E-state index in [9.17, 15) is 9.59 Å². The molecule has 4 aromatic rings. The molecule has 0 aliphatic rings. The molecule has 0 unspecified atom stereocenters. The summed E-state index contributed by atoms with van der Waals surface area (Å²) in [4.78, 5) is 29.1. The van der Waals surface area contributed by atoms with Crippen molar-refractivity contribution in [3.63, 3.8) is 0 Å². The van der Waals surface area contributed by atoms with Crippen LogP contribution in [0.3, 0.4) is 0 Å². The first-order valence-electron chi connectivity index (χ1n) is 8.40. The van der Waals surface area contributed by atoms with Gasteiger partial charge in [-0.15, -0.1) is 0 Å². The number of carbonyl (C=O) groups excluding carboxylic acids is 1. The zero-order valence-electron chi connectivity index (χ0n) is 14.3. The Balaban J connectivity index is 1.68. The topological polar surface area (TPSA) is 61.2 Å². The average molecular weight is 379 g/mol. The smallest absolute Gasteiger partial charge is 0.326 e. The molecule has 5 nitrogen and oxygen atoms in total. The standard InChI is InChI=1S/C21H15ClN2O3/c22-19-10-9-14(11-23-19)13-27-20(25)12-24-17-7-3-1-5-15(17)21(26)16-6-2-4-8-18(16)24/h1-11H,12-13H2. The third-order valence-electron chi connectivity index (χ3n) is 4.35. The van der Waals surface area contributed by atoms with Gasteiger partial charge in [-0.05, 0) is 30.3 Å². The average Bonchev–Trinajstić information content (AvgIpc) is 2.71. The van der Waals surface area contributed by atoms with Gasteiger partial charge in [0.15, 0.2) is 5.43 Å². The maximum Gasteiger partial charge on any atom is 0.326 e. The van der Waals surface area contributed by atoms with Gasteiger partial charge < -0.3 is 9.30 Å². The maximum absolute atomic E-state index is 12.7. The summed E-state index contributed by atoms with van der Waals surface area (Å²) in [6, 6.07) is 17.9. The summed E-state index contributed by atoms with van der Waals surface area (Å²) in [6.07, 6.45) is 1.57. The largest absolute Gasteiger partial charge is 0.459 e. The number of esters is 1. The van der Waals surface area contributed by atoms with Crippen molar-refractivity contribution >= 4 is 39.4 Å². The molecule has 134 valence electrons. The van der Waals surface area contributed by atoms with Crippen molar-refractivity contribution in [2.24, 2.45) is 0 Å². The van der Waals surface area contributed by atoms with Crippen LogP contribution in [0.5, 0.6) is 0 Å². The second-order valence-electron chi connectivity index (χ2n) is 6.10. The van der Waals surface area contributed by atoms with E-state index < -0.39 is 5.97 Å². The number of nitrogens with zero attached hydrogens (tertiary/aromatic N) is 2. The summed E-state index contributed by atoms with van der Waals surface area (Å²) in [7, 11) is 0. The molecule has 6 heteroatoms. The normalized spacial score (nSPS) is 11.0. The predicted octanol–water partition coefficient (Wildman–Crippen LogP) is 3.95. The molecule has 0 N–H and O–H groups in total. The van der Waals surface area contributed by atoms with Crippen LogP contribution in [0, 0.1) is 0 Å². The first-order valence-corrected chi connectivity index (χ1v) is 8.77. The number of hydrogen-bond donors (Lipinski definition) is 0. The molecule has 0 aliphatic heterocycles. The van der Waals surface area contributed by atoms with Crippen LogP contribution in [0.1, 0.15) is 5.56 Å². The van der Waals surface area contributed by atoms with E-state index in [1.54, 1.807) is 30.5 Å². The lowest BCUT2D eigenvalue weighted by Gasteiger charge is -2.14. The Morgan fingerprint density at radius 3 is 2.19 bits per heavy atom. The highest BCUT2D eigenvalue weighted by Gasteiger charge is 2.13. The third-order valence-corrected chi connectivity index (χ3v) is 4.58. The summed E-state index contributed by atoms with van der Waals surface area (Å²) >= 11 is 5.76. The molecule has 4 rings (SSSR count). The van der Waals surface area contributed by atoms with Gasteiger partial charge in [0.2, 0.25) is 0 Å². The Labute approximate surface area is 159 Å². The Morgan fingerprint density at radius 1 is 0.963 bits per heavy atom. The summed E-state index contributed by atoms with van der Waals surface area (Å²) in [6.45, 7) is 0.112. The van der Waals surface area contributed by atoms with Gasteiger partial charge in [0.05, 0.1) is 11.0 Å². The first kappa shape index (κ1) is 17.2. The maximum atomic E-state index is 12.7. The molecule has 2 aromatic carbocycles.